The third-order valence-electron chi connectivity index (χ3n) is 4.06. The van der Waals surface area contributed by atoms with Crippen molar-refractivity contribution in [3.05, 3.63) is 41.1 Å². The minimum atomic E-state index is -0.140. The molecular weight excluding hydrogens is 266 g/mol. The SMILES string of the molecule is CCCc1ccc(C(=O)N[C@@H]2CCCc3c2cnn3C)o1. The van der Waals surface area contributed by atoms with Crippen LogP contribution >= 0.6 is 0 Å². The number of rotatable bonds is 4. The molecule has 0 aromatic carbocycles. The molecule has 1 amide bonds. The highest BCUT2D eigenvalue weighted by atomic mass is 16.3. The molecule has 1 atom stereocenters. The van der Waals surface area contributed by atoms with Crippen LogP contribution < -0.4 is 5.32 Å². The van der Waals surface area contributed by atoms with Crippen molar-refractivity contribution in [1.29, 1.82) is 0 Å². The van der Waals surface area contributed by atoms with Crippen molar-refractivity contribution >= 4 is 5.91 Å². The molecule has 0 aliphatic heterocycles. The highest BCUT2D eigenvalue weighted by molar-refractivity contribution is 5.91. The highest BCUT2D eigenvalue weighted by Crippen LogP contribution is 2.29. The summed E-state index contributed by atoms with van der Waals surface area (Å²) in [6, 6.07) is 3.68. The lowest BCUT2D eigenvalue weighted by Gasteiger charge is -2.23. The van der Waals surface area contributed by atoms with E-state index in [1.807, 2.05) is 24.0 Å². The molecule has 1 aliphatic carbocycles. The van der Waals surface area contributed by atoms with Crippen LogP contribution in [0.5, 0.6) is 0 Å². The average Bonchev–Trinajstić information content (AvgIpc) is 3.08. The van der Waals surface area contributed by atoms with Crippen molar-refractivity contribution in [3.63, 3.8) is 0 Å². The van der Waals surface area contributed by atoms with E-state index in [-0.39, 0.29) is 11.9 Å². The molecule has 21 heavy (non-hydrogen) atoms. The second-order valence-corrected chi connectivity index (χ2v) is 5.60. The molecule has 2 heterocycles. The lowest BCUT2D eigenvalue weighted by atomic mass is 9.93. The Hall–Kier alpha value is -2.04. The molecule has 0 radical (unpaired) electrons. The molecular formula is C16H21N3O2. The predicted octanol–water partition coefficient (Wildman–Crippen LogP) is 2.77. The van der Waals surface area contributed by atoms with E-state index in [2.05, 4.69) is 17.3 Å². The molecule has 0 saturated heterocycles. The summed E-state index contributed by atoms with van der Waals surface area (Å²) < 4.78 is 7.49. The molecule has 0 bridgehead atoms. The van der Waals surface area contributed by atoms with Gasteiger partial charge in [-0.15, -0.1) is 0 Å². The minimum absolute atomic E-state index is 0.0367. The summed E-state index contributed by atoms with van der Waals surface area (Å²) >= 11 is 0. The zero-order chi connectivity index (χ0) is 14.8. The Kier molecular flexibility index (Phi) is 3.82. The van der Waals surface area contributed by atoms with Gasteiger partial charge in [0.15, 0.2) is 5.76 Å². The summed E-state index contributed by atoms with van der Waals surface area (Å²) in [6.45, 7) is 2.09. The lowest BCUT2D eigenvalue weighted by Crippen LogP contribution is -2.30. The van der Waals surface area contributed by atoms with Gasteiger partial charge < -0.3 is 9.73 Å². The first-order valence-electron chi connectivity index (χ1n) is 7.59. The average molecular weight is 287 g/mol. The molecule has 1 aliphatic rings. The molecule has 2 aromatic heterocycles. The Labute approximate surface area is 124 Å². The summed E-state index contributed by atoms with van der Waals surface area (Å²) in [7, 11) is 1.95. The monoisotopic (exact) mass is 287 g/mol. The third kappa shape index (κ3) is 2.73. The zero-order valence-electron chi connectivity index (χ0n) is 12.6. The molecule has 112 valence electrons. The standard InChI is InChI=1S/C16H21N3O2/c1-3-5-11-8-9-15(21-11)16(20)18-13-6-4-7-14-12(13)10-17-19(14)2/h8-10,13H,3-7H2,1-2H3,(H,18,20)/t13-/m1/s1. The van der Waals surface area contributed by atoms with E-state index in [9.17, 15) is 4.79 Å². The van der Waals surface area contributed by atoms with Crippen molar-refractivity contribution in [2.75, 3.05) is 0 Å². The Bertz CT molecular complexity index is 642. The second-order valence-electron chi connectivity index (χ2n) is 5.60. The normalized spacial score (nSPS) is 17.5. The van der Waals surface area contributed by atoms with Crippen LogP contribution in [-0.4, -0.2) is 15.7 Å². The maximum Gasteiger partial charge on any atom is 0.287 e. The van der Waals surface area contributed by atoms with Gasteiger partial charge in [-0.1, -0.05) is 6.92 Å². The van der Waals surface area contributed by atoms with Gasteiger partial charge in [-0.2, -0.15) is 5.10 Å². The number of aromatic nitrogens is 2. The number of nitrogens with zero attached hydrogens (tertiary/aromatic N) is 2. The van der Waals surface area contributed by atoms with E-state index in [0.29, 0.717) is 5.76 Å². The summed E-state index contributed by atoms with van der Waals surface area (Å²) in [6.07, 6.45) is 6.78. The smallest absolute Gasteiger partial charge is 0.287 e. The number of hydrogen-bond donors (Lipinski definition) is 1. The molecule has 3 rings (SSSR count). The summed E-state index contributed by atoms with van der Waals surface area (Å²) in [4.78, 5) is 12.3. The number of carbonyl (C=O) groups is 1. The Morgan fingerprint density at radius 3 is 3.19 bits per heavy atom. The van der Waals surface area contributed by atoms with E-state index in [1.54, 1.807) is 6.07 Å². The maximum absolute atomic E-state index is 12.3. The van der Waals surface area contributed by atoms with Gasteiger partial charge in [0.05, 0.1) is 12.2 Å². The maximum atomic E-state index is 12.3. The first-order chi connectivity index (χ1) is 10.2. The van der Waals surface area contributed by atoms with Gasteiger partial charge >= 0.3 is 0 Å². The van der Waals surface area contributed by atoms with Gasteiger partial charge in [0.2, 0.25) is 0 Å². The number of aryl methyl sites for hydroxylation is 2. The summed E-state index contributed by atoms with van der Waals surface area (Å²) in [5, 5.41) is 7.37. The number of amides is 1. The van der Waals surface area contributed by atoms with Crippen LogP contribution in [0.25, 0.3) is 0 Å². The van der Waals surface area contributed by atoms with Crippen LogP contribution in [0.2, 0.25) is 0 Å². The molecule has 0 spiro atoms. The van der Waals surface area contributed by atoms with Gasteiger partial charge in [0, 0.05) is 24.7 Å². The van der Waals surface area contributed by atoms with Crippen LogP contribution in [0, 0.1) is 0 Å². The molecule has 1 N–H and O–H groups in total. The predicted molar refractivity (Wildman–Crippen MR) is 79.1 cm³/mol. The number of hydrogen-bond acceptors (Lipinski definition) is 3. The topological polar surface area (TPSA) is 60.1 Å². The number of nitrogens with one attached hydrogen (secondary N) is 1. The van der Waals surface area contributed by atoms with E-state index in [1.165, 1.54) is 5.69 Å². The van der Waals surface area contributed by atoms with Crippen molar-refractivity contribution in [2.24, 2.45) is 7.05 Å². The first-order valence-corrected chi connectivity index (χ1v) is 7.59. The van der Waals surface area contributed by atoms with E-state index >= 15 is 0 Å². The molecule has 0 unspecified atom stereocenters. The number of furan rings is 1. The fourth-order valence-corrected chi connectivity index (χ4v) is 2.97. The van der Waals surface area contributed by atoms with Gasteiger partial charge in [-0.05, 0) is 37.8 Å². The third-order valence-corrected chi connectivity index (χ3v) is 4.06. The first kappa shape index (κ1) is 13.9. The molecule has 0 saturated carbocycles. The molecule has 5 heteroatoms. The van der Waals surface area contributed by atoms with E-state index in [0.717, 1.165) is 43.4 Å². The van der Waals surface area contributed by atoms with Crippen LogP contribution in [-0.2, 0) is 19.9 Å². The molecule has 0 fully saturated rings. The fraction of sp³-hybridized carbons (Fsp3) is 0.500. The molecule has 2 aromatic rings. The largest absolute Gasteiger partial charge is 0.456 e. The van der Waals surface area contributed by atoms with Crippen molar-refractivity contribution in [1.82, 2.24) is 15.1 Å². The van der Waals surface area contributed by atoms with Crippen LogP contribution in [0.3, 0.4) is 0 Å². The Balaban J connectivity index is 1.73. The van der Waals surface area contributed by atoms with Crippen LogP contribution in [0.1, 0.15) is 59.8 Å². The van der Waals surface area contributed by atoms with E-state index < -0.39 is 0 Å². The second kappa shape index (κ2) is 5.76. The van der Waals surface area contributed by atoms with Crippen LogP contribution in [0.15, 0.2) is 22.7 Å². The van der Waals surface area contributed by atoms with Gasteiger partial charge in [0.25, 0.3) is 5.91 Å². The molecule has 5 nitrogen and oxygen atoms in total. The quantitative estimate of drug-likeness (QED) is 0.940. The summed E-state index contributed by atoms with van der Waals surface area (Å²) in [5.41, 5.74) is 2.36. The van der Waals surface area contributed by atoms with Gasteiger partial charge in [0.1, 0.15) is 5.76 Å². The van der Waals surface area contributed by atoms with Gasteiger partial charge in [-0.3, -0.25) is 9.48 Å². The number of carbonyl (C=O) groups excluding carboxylic acids is 1. The fourth-order valence-electron chi connectivity index (χ4n) is 2.97. The zero-order valence-corrected chi connectivity index (χ0v) is 12.6. The summed E-state index contributed by atoms with van der Waals surface area (Å²) in [5.74, 6) is 1.13. The lowest BCUT2D eigenvalue weighted by molar-refractivity contribution is 0.0902. The highest BCUT2D eigenvalue weighted by Gasteiger charge is 2.25. The van der Waals surface area contributed by atoms with E-state index in [4.69, 9.17) is 4.42 Å². The van der Waals surface area contributed by atoms with Crippen molar-refractivity contribution in [2.45, 2.75) is 45.1 Å². The van der Waals surface area contributed by atoms with Gasteiger partial charge in [-0.25, -0.2) is 0 Å². The Morgan fingerprint density at radius 1 is 1.52 bits per heavy atom. The Morgan fingerprint density at radius 2 is 2.38 bits per heavy atom. The van der Waals surface area contributed by atoms with Crippen LogP contribution in [0.4, 0.5) is 0 Å². The minimum Gasteiger partial charge on any atom is -0.456 e. The van der Waals surface area contributed by atoms with Crippen molar-refractivity contribution in [3.8, 4) is 0 Å². The van der Waals surface area contributed by atoms with Crippen molar-refractivity contribution < 1.29 is 9.21 Å². The number of fused-ring (bicyclic) bond motifs is 1.